The van der Waals surface area contributed by atoms with E-state index < -0.39 is 0 Å². The first-order valence-electron chi connectivity index (χ1n) is 16.6. The van der Waals surface area contributed by atoms with E-state index in [-0.39, 0.29) is 5.71 Å². The Bertz CT molecular complexity index is 3030. The number of rotatable bonds is 5. The van der Waals surface area contributed by atoms with Crippen LogP contribution in [0, 0.1) is 5.41 Å². The van der Waals surface area contributed by atoms with Crippen LogP contribution in [0.2, 0.25) is 0 Å². The summed E-state index contributed by atoms with van der Waals surface area (Å²) < 4.78 is 23.4. The maximum Gasteiger partial charge on any atom is 0.129 e. The van der Waals surface area contributed by atoms with E-state index in [9.17, 15) is 5.41 Å². The highest BCUT2D eigenvalue weighted by Gasteiger charge is 2.31. The van der Waals surface area contributed by atoms with Crippen molar-refractivity contribution < 1.29 is 0 Å². The highest BCUT2D eigenvalue weighted by atomic mass is 32.1. The number of thiol groups is 1. The van der Waals surface area contributed by atoms with Crippen LogP contribution in [0.4, 0.5) is 11.4 Å². The van der Waals surface area contributed by atoms with E-state index in [1.807, 2.05) is 30.4 Å². The molecule has 2 aromatic heterocycles. The van der Waals surface area contributed by atoms with Crippen LogP contribution >= 0.6 is 36.3 Å². The minimum Gasteiger partial charge on any atom is -0.304 e. The van der Waals surface area contributed by atoms with Crippen molar-refractivity contribution in [1.29, 1.82) is 5.41 Å². The molecule has 0 aliphatic heterocycles. The molecule has 0 atom stereocenters. The summed E-state index contributed by atoms with van der Waals surface area (Å²) >= 11 is 6.82. The standard InChI is InChI=1S/C42H25N7S3/c43-38-32(29-15-13-28-20-26-8-3-4-9-27(26)22-31(28)23-29)16-18-36(41(38)44-50)49(35-11-5-10-34-40(35)47-51-45-34)37-19-17-33(39-42(37)48-52-46-39)30-14-12-24-6-1-2-7-25(24)21-30/h1-23,43,50H/b43-38?,44-41-. The molecule has 1 aliphatic rings. The van der Waals surface area contributed by atoms with Gasteiger partial charge in [-0.3, -0.25) is 5.41 Å². The SMILES string of the molecule is N=C1C(c2ccc3cc4ccccc4cc3c2)=CC=C(N(c2cccc3nsnc23)c2ccc(-c3ccc4ccccc4c3)c3nsnc23)/C1=N/S. The van der Waals surface area contributed by atoms with Gasteiger partial charge in [0.1, 0.15) is 27.8 Å². The predicted octanol–water partition coefficient (Wildman–Crippen LogP) is 11.2. The van der Waals surface area contributed by atoms with Crippen LogP contribution in [0.15, 0.2) is 150 Å². The molecule has 0 spiro atoms. The molecule has 10 heteroatoms. The van der Waals surface area contributed by atoms with Gasteiger partial charge in [-0.05, 0) is 117 Å². The molecule has 0 bridgehead atoms. The third-order valence-corrected chi connectivity index (χ3v) is 11.0. The second-order valence-corrected chi connectivity index (χ2v) is 13.9. The molecule has 0 unspecified atom stereocenters. The van der Waals surface area contributed by atoms with Crippen LogP contribution in [0.5, 0.6) is 0 Å². The summed E-state index contributed by atoms with van der Waals surface area (Å²) in [5, 5.41) is 16.5. The van der Waals surface area contributed by atoms with Crippen LogP contribution in [-0.2, 0) is 0 Å². The lowest BCUT2D eigenvalue weighted by Crippen LogP contribution is -2.30. The first kappa shape index (κ1) is 30.7. The van der Waals surface area contributed by atoms with E-state index in [4.69, 9.17) is 13.1 Å². The molecule has 1 aliphatic carbocycles. The number of allylic oxidation sites excluding steroid dienone is 4. The number of fused-ring (bicyclic) bond motifs is 5. The predicted molar refractivity (Wildman–Crippen MR) is 222 cm³/mol. The number of benzene rings is 7. The fourth-order valence-electron chi connectivity index (χ4n) is 7.20. The van der Waals surface area contributed by atoms with Crippen molar-refractivity contribution in [3.05, 3.63) is 151 Å². The zero-order valence-electron chi connectivity index (χ0n) is 27.2. The quantitative estimate of drug-likeness (QED) is 0.105. The summed E-state index contributed by atoms with van der Waals surface area (Å²) in [6.07, 6.45) is 4.00. The molecular weight excluding hydrogens is 699 g/mol. The maximum atomic E-state index is 9.54. The largest absolute Gasteiger partial charge is 0.304 e. The van der Waals surface area contributed by atoms with Crippen molar-refractivity contribution in [3.8, 4) is 11.1 Å². The smallest absolute Gasteiger partial charge is 0.129 e. The van der Waals surface area contributed by atoms with Gasteiger partial charge >= 0.3 is 0 Å². The Morgan fingerprint density at radius 2 is 1.17 bits per heavy atom. The third kappa shape index (κ3) is 4.95. The van der Waals surface area contributed by atoms with Gasteiger partial charge in [-0.1, -0.05) is 78.9 Å². The van der Waals surface area contributed by atoms with Gasteiger partial charge in [0.05, 0.1) is 46.2 Å². The molecule has 0 amide bonds. The normalized spacial score (nSPS) is 14.2. The Labute approximate surface area is 311 Å². The highest BCUT2D eigenvalue weighted by Crippen LogP contribution is 2.43. The van der Waals surface area contributed by atoms with Crippen molar-refractivity contribution >= 4 is 119 Å². The summed E-state index contributed by atoms with van der Waals surface area (Å²) in [7, 11) is 0. The molecule has 9 aromatic rings. The Hall–Kier alpha value is -6.07. The summed E-state index contributed by atoms with van der Waals surface area (Å²) in [6, 6.07) is 44.0. The second-order valence-electron chi connectivity index (χ2n) is 12.6. The minimum atomic E-state index is 0.265. The van der Waals surface area contributed by atoms with Crippen molar-refractivity contribution in [2.24, 2.45) is 4.40 Å². The molecule has 10 rings (SSSR count). The third-order valence-electron chi connectivity index (χ3n) is 9.71. The number of hydrogen-bond donors (Lipinski definition) is 2. The van der Waals surface area contributed by atoms with Crippen molar-refractivity contribution in [2.45, 2.75) is 0 Å². The molecule has 0 saturated heterocycles. The molecule has 1 N–H and O–H groups in total. The van der Waals surface area contributed by atoms with Gasteiger partial charge < -0.3 is 4.90 Å². The Kier molecular flexibility index (Phi) is 7.27. The van der Waals surface area contributed by atoms with E-state index in [1.165, 1.54) is 39.6 Å². The van der Waals surface area contributed by atoms with E-state index in [2.05, 4.69) is 136 Å². The van der Waals surface area contributed by atoms with Gasteiger partial charge in [0.25, 0.3) is 0 Å². The van der Waals surface area contributed by atoms with E-state index >= 15 is 0 Å². The molecule has 0 radical (unpaired) electrons. The van der Waals surface area contributed by atoms with Crippen LogP contribution in [-0.4, -0.2) is 28.9 Å². The van der Waals surface area contributed by atoms with Gasteiger partial charge in [-0.15, -0.1) is 0 Å². The van der Waals surface area contributed by atoms with Crippen LogP contribution < -0.4 is 4.90 Å². The fraction of sp³-hybridized carbons (Fsp3) is 0. The fourth-order valence-corrected chi connectivity index (χ4v) is 8.51. The van der Waals surface area contributed by atoms with Gasteiger partial charge in [-0.2, -0.15) is 17.5 Å². The molecule has 7 nitrogen and oxygen atoms in total. The van der Waals surface area contributed by atoms with E-state index in [1.54, 1.807) is 0 Å². The molecular formula is C42H25N7S3. The summed E-state index contributed by atoms with van der Waals surface area (Å²) in [6.45, 7) is 0. The number of nitrogens with one attached hydrogen (secondary N) is 1. The van der Waals surface area contributed by atoms with E-state index in [0.29, 0.717) is 11.4 Å². The molecule has 0 fully saturated rings. The van der Waals surface area contributed by atoms with Crippen LogP contribution in [0.1, 0.15) is 5.56 Å². The summed E-state index contributed by atoms with van der Waals surface area (Å²) in [4.78, 5) is 2.07. The van der Waals surface area contributed by atoms with Gasteiger partial charge in [0, 0.05) is 11.1 Å². The Morgan fingerprint density at radius 1 is 0.538 bits per heavy atom. The molecule has 246 valence electrons. The number of hydrogen-bond acceptors (Lipinski definition) is 10. The zero-order valence-corrected chi connectivity index (χ0v) is 29.8. The van der Waals surface area contributed by atoms with Gasteiger partial charge in [0.2, 0.25) is 0 Å². The van der Waals surface area contributed by atoms with Gasteiger partial charge in [0.15, 0.2) is 0 Å². The number of aromatic nitrogens is 4. The van der Waals surface area contributed by atoms with Crippen molar-refractivity contribution in [3.63, 3.8) is 0 Å². The zero-order chi connectivity index (χ0) is 34.8. The topological polar surface area (TPSA) is 91.0 Å². The highest BCUT2D eigenvalue weighted by molar-refractivity contribution is 7.79. The Balaban J connectivity index is 1.15. The maximum absolute atomic E-state index is 9.54. The lowest BCUT2D eigenvalue weighted by molar-refractivity contribution is 1.24. The van der Waals surface area contributed by atoms with Crippen LogP contribution in [0.25, 0.3) is 71.1 Å². The summed E-state index contributed by atoms with van der Waals surface area (Å²) in [5.74, 6) is 0. The second kappa shape index (κ2) is 12.3. The minimum absolute atomic E-state index is 0.265. The molecule has 2 heterocycles. The van der Waals surface area contributed by atoms with Crippen molar-refractivity contribution in [1.82, 2.24) is 17.5 Å². The van der Waals surface area contributed by atoms with Crippen LogP contribution in [0.3, 0.4) is 0 Å². The average Bonchev–Trinajstić information content (AvgIpc) is 3.88. The first-order chi connectivity index (χ1) is 25.6. The average molecular weight is 724 g/mol. The van der Waals surface area contributed by atoms with Gasteiger partial charge in [-0.25, -0.2) is 4.40 Å². The lowest BCUT2D eigenvalue weighted by atomic mass is 9.90. The monoisotopic (exact) mass is 723 g/mol. The lowest BCUT2D eigenvalue weighted by Gasteiger charge is -2.31. The molecule has 52 heavy (non-hydrogen) atoms. The molecule has 0 saturated carbocycles. The summed E-state index contributed by atoms with van der Waals surface area (Å²) in [5.41, 5.74) is 9.74. The first-order valence-corrected chi connectivity index (χ1v) is 18.4. The number of anilines is 2. The number of nitrogens with zero attached hydrogens (tertiary/aromatic N) is 6. The molecule has 7 aromatic carbocycles. The van der Waals surface area contributed by atoms with E-state index in [0.717, 1.165) is 71.9 Å². The Morgan fingerprint density at radius 3 is 2.00 bits per heavy atom. The van der Waals surface area contributed by atoms with Crippen molar-refractivity contribution in [2.75, 3.05) is 4.90 Å².